The lowest BCUT2D eigenvalue weighted by Crippen LogP contribution is -2.58. The molecule has 1 aromatic carbocycles. The molecular weight excluding hydrogens is 354 g/mol. The van der Waals surface area contributed by atoms with Crippen molar-refractivity contribution < 1.29 is 14.4 Å². The first-order valence-corrected chi connectivity index (χ1v) is 9.69. The Balaban J connectivity index is 1.68. The minimum atomic E-state index is -0.640. The standard InChI is InChI=1S/C22H23N3O3/c1-15-9-11-16(12-10-15)24-13-5-8-18(24)14-19-20(26)23-22(28)25(21(19)27)17-6-3-2-4-7-17/h5,8-14,17H,2-4,6-7H2,1H3,(H,23,26,28). The van der Waals surface area contributed by atoms with Crippen LogP contribution in [0.5, 0.6) is 0 Å². The molecule has 6 nitrogen and oxygen atoms in total. The van der Waals surface area contributed by atoms with Crippen LogP contribution in [-0.2, 0) is 9.59 Å². The van der Waals surface area contributed by atoms with Crippen molar-refractivity contribution in [3.05, 3.63) is 59.4 Å². The van der Waals surface area contributed by atoms with Crippen LogP contribution in [0.4, 0.5) is 4.79 Å². The number of hydrogen-bond acceptors (Lipinski definition) is 3. The second-order valence-electron chi connectivity index (χ2n) is 7.42. The van der Waals surface area contributed by atoms with Crippen molar-refractivity contribution >= 4 is 23.9 Å². The number of amides is 4. The Labute approximate surface area is 163 Å². The molecule has 0 spiro atoms. The number of benzene rings is 1. The quantitative estimate of drug-likeness (QED) is 0.656. The van der Waals surface area contributed by atoms with E-state index < -0.39 is 17.8 Å². The fourth-order valence-corrected chi connectivity index (χ4v) is 3.94. The van der Waals surface area contributed by atoms with Gasteiger partial charge in [0.2, 0.25) is 0 Å². The minimum Gasteiger partial charge on any atom is -0.317 e. The molecule has 144 valence electrons. The van der Waals surface area contributed by atoms with E-state index in [1.807, 2.05) is 54.1 Å². The molecule has 1 aliphatic carbocycles. The topological polar surface area (TPSA) is 71.4 Å². The maximum Gasteiger partial charge on any atom is 0.331 e. The van der Waals surface area contributed by atoms with Crippen molar-refractivity contribution in [1.82, 2.24) is 14.8 Å². The van der Waals surface area contributed by atoms with Crippen LogP contribution in [0.2, 0.25) is 0 Å². The molecule has 2 heterocycles. The van der Waals surface area contributed by atoms with Crippen molar-refractivity contribution in [3.63, 3.8) is 0 Å². The van der Waals surface area contributed by atoms with Gasteiger partial charge in [-0.25, -0.2) is 4.79 Å². The second kappa shape index (κ2) is 7.46. The summed E-state index contributed by atoms with van der Waals surface area (Å²) in [5, 5.41) is 2.34. The van der Waals surface area contributed by atoms with E-state index in [2.05, 4.69) is 5.32 Å². The van der Waals surface area contributed by atoms with Gasteiger partial charge in [-0.1, -0.05) is 37.0 Å². The Morgan fingerprint density at radius 1 is 1.00 bits per heavy atom. The van der Waals surface area contributed by atoms with E-state index in [9.17, 15) is 14.4 Å². The number of rotatable bonds is 3. The number of urea groups is 1. The molecule has 4 rings (SSSR count). The molecule has 1 aromatic heterocycles. The SMILES string of the molecule is Cc1ccc(-n2cccc2C=C2C(=O)NC(=O)N(C3CCCCC3)C2=O)cc1. The lowest BCUT2D eigenvalue weighted by molar-refractivity contribution is -0.132. The minimum absolute atomic E-state index is 0.00256. The van der Waals surface area contributed by atoms with Gasteiger partial charge in [0.1, 0.15) is 5.57 Å². The molecule has 6 heteroatoms. The summed E-state index contributed by atoms with van der Waals surface area (Å²) in [6.07, 6.45) is 8.13. The van der Waals surface area contributed by atoms with E-state index in [0.717, 1.165) is 43.4 Å². The Morgan fingerprint density at radius 3 is 2.43 bits per heavy atom. The van der Waals surface area contributed by atoms with Gasteiger partial charge >= 0.3 is 6.03 Å². The number of carbonyl (C=O) groups excluding carboxylic acids is 3. The second-order valence-corrected chi connectivity index (χ2v) is 7.42. The molecule has 0 atom stereocenters. The highest BCUT2D eigenvalue weighted by Crippen LogP contribution is 2.26. The van der Waals surface area contributed by atoms with Gasteiger partial charge in [0, 0.05) is 23.6 Å². The number of nitrogens with one attached hydrogen (secondary N) is 1. The summed E-state index contributed by atoms with van der Waals surface area (Å²) in [5.41, 5.74) is 2.79. The third-order valence-electron chi connectivity index (χ3n) is 5.46. The third-order valence-corrected chi connectivity index (χ3v) is 5.46. The first-order valence-electron chi connectivity index (χ1n) is 9.69. The summed E-state index contributed by atoms with van der Waals surface area (Å²) in [5.74, 6) is -1.14. The van der Waals surface area contributed by atoms with Crippen LogP contribution in [0.1, 0.15) is 43.4 Å². The normalized spacial score (nSPS) is 20.0. The van der Waals surface area contributed by atoms with Crippen LogP contribution in [0.25, 0.3) is 11.8 Å². The number of carbonyl (C=O) groups is 3. The number of imide groups is 2. The zero-order valence-corrected chi connectivity index (χ0v) is 15.9. The lowest BCUT2D eigenvalue weighted by Gasteiger charge is -2.35. The Hall–Kier alpha value is -3.15. The summed E-state index contributed by atoms with van der Waals surface area (Å²) in [6, 6.07) is 10.9. The molecule has 2 fully saturated rings. The lowest BCUT2D eigenvalue weighted by atomic mass is 9.93. The zero-order valence-electron chi connectivity index (χ0n) is 15.9. The van der Waals surface area contributed by atoms with Gasteiger partial charge in [-0.2, -0.15) is 0 Å². The Kier molecular flexibility index (Phi) is 4.86. The van der Waals surface area contributed by atoms with Gasteiger partial charge < -0.3 is 4.57 Å². The van der Waals surface area contributed by atoms with Crippen LogP contribution < -0.4 is 5.32 Å². The molecule has 2 aromatic rings. The van der Waals surface area contributed by atoms with Crippen LogP contribution in [-0.4, -0.2) is 33.4 Å². The summed E-state index contributed by atoms with van der Waals surface area (Å²) < 4.78 is 1.91. The number of hydrogen-bond donors (Lipinski definition) is 1. The van der Waals surface area contributed by atoms with Crippen molar-refractivity contribution in [1.29, 1.82) is 0 Å². The molecule has 1 saturated heterocycles. The molecule has 4 amide bonds. The highest BCUT2D eigenvalue weighted by molar-refractivity contribution is 6.31. The van der Waals surface area contributed by atoms with E-state index in [1.165, 1.54) is 4.90 Å². The predicted octanol–water partition coefficient (Wildman–Crippen LogP) is 3.58. The van der Waals surface area contributed by atoms with E-state index >= 15 is 0 Å². The van der Waals surface area contributed by atoms with E-state index in [0.29, 0.717) is 5.69 Å². The van der Waals surface area contributed by atoms with E-state index in [4.69, 9.17) is 0 Å². The van der Waals surface area contributed by atoms with Crippen molar-refractivity contribution in [3.8, 4) is 5.69 Å². The maximum atomic E-state index is 13.0. The van der Waals surface area contributed by atoms with Crippen molar-refractivity contribution in [2.45, 2.75) is 45.1 Å². The van der Waals surface area contributed by atoms with Crippen LogP contribution in [0.3, 0.4) is 0 Å². The maximum absolute atomic E-state index is 13.0. The van der Waals surface area contributed by atoms with Crippen molar-refractivity contribution in [2.24, 2.45) is 0 Å². The molecule has 28 heavy (non-hydrogen) atoms. The summed E-state index contributed by atoms with van der Waals surface area (Å²) in [4.78, 5) is 39.0. The monoisotopic (exact) mass is 377 g/mol. The highest BCUT2D eigenvalue weighted by Gasteiger charge is 2.40. The number of nitrogens with zero attached hydrogens (tertiary/aromatic N) is 2. The van der Waals surface area contributed by atoms with Gasteiger partial charge in [0.25, 0.3) is 11.8 Å². The van der Waals surface area contributed by atoms with Crippen LogP contribution in [0, 0.1) is 6.92 Å². The van der Waals surface area contributed by atoms with Crippen LogP contribution in [0.15, 0.2) is 48.2 Å². The third kappa shape index (κ3) is 3.38. The largest absolute Gasteiger partial charge is 0.331 e. The summed E-state index contributed by atoms with van der Waals surface area (Å²) in [6.45, 7) is 2.02. The van der Waals surface area contributed by atoms with Gasteiger partial charge in [-0.15, -0.1) is 0 Å². The summed E-state index contributed by atoms with van der Waals surface area (Å²) >= 11 is 0. The molecule has 0 radical (unpaired) electrons. The highest BCUT2D eigenvalue weighted by atomic mass is 16.2. The number of aryl methyl sites for hydroxylation is 1. The molecule has 2 aliphatic rings. The van der Waals surface area contributed by atoms with E-state index in [1.54, 1.807) is 6.08 Å². The Bertz CT molecular complexity index is 950. The molecule has 1 aliphatic heterocycles. The van der Waals surface area contributed by atoms with Gasteiger partial charge in [-0.05, 0) is 50.1 Å². The fourth-order valence-electron chi connectivity index (χ4n) is 3.94. The van der Waals surface area contributed by atoms with Gasteiger partial charge in [0.05, 0.1) is 0 Å². The number of aromatic nitrogens is 1. The van der Waals surface area contributed by atoms with Crippen molar-refractivity contribution in [2.75, 3.05) is 0 Å². The molecule has 0 unspecified atom stereocenters. The van der Waals surface area contributed by atoms with Gasteiger partial charge in [-0.3, -0.25) is 19.8 Å². The van der Waals surface area contributed by atoms with Crippen LogP contribution >= 0.6 is 0 Å². The van der Waals surface area contributed by atoms with Gasteiger partial charge in [0.15, 0.2) is 0 Å². The molecular formula is C22H23N3O3. The number of barbiturate groups is 1. The smallest absolute Gasteiger partial charge is 0.317 e. The fraction of sp³-hybridized carbons (Fsp3) is 0.318. The Morgan fingerprint density at radius 2 is 1.71 bits per heavy atom. The molecule has 1 saturated carbocycles. The summed E-state index contributed by atoms with van der Waals surface area (Å²) in [7, 11) is 0. The first kappa shape index (κ1) is 18.2. The average Bonchev–Trinajstić information content (AvgIpc) is 3.15. The van der Waals surface area contributed by atoms with E-state index in [-0.39, 0.29) is 11.6 Å². The first-order chi connectivity index (χ1) is 13.5. The zero-order chi connectivity index (χ0) is 19.7. The molecule has 0 bridgehead atoms. The average molecular weight is 377 g/mol. The molecule has 1 N–H and O–H groups in total. The predicted molar refractivity (Wildman–Crippen MR) is 106 cm³/mol.